The Labute approximate surface area is 205 Å². The summed E-state index contributed by atoms with van der Waals surface area (Å²) in [6.07, 6.45) is 1.85. The lowest BCUT2D eigenvalue weighted by Crippen LogP contribution is -2.25. The van der Waals surface area contributed by atoms with Crippen molar-refractivity contribution in [1.29, 1.82) is 0 Å². The number of halogens is 1. The number of anilines is 1. The van der Waals surface area contributed by atoms with Crippen LogP contribution in [0.1, 0.15) is 17.0 Å². The van der Waals surface area contributed by atoms with Gasteiger partial charge in [-0.25, -0.2) is 4.68 Å². The van der Waals surface area contributed by atoms with Crippen LogP contribution in [-0.4, -0.2) is 35.0 Å². The van der Waals surface area contributed by atoms with E-state index in [0.717, 1.165) is 38.7 Å². The molecule has 1 aliphatic heterocycles. The number of nitrogens with one attached hydrogen (secondary N) is 1. The highest BCUT2D eigenvalue weighted by Crippen LogP contribution is 2.33. The van der Waals surface area contributed by atoms with Crippen LogP contribution in [0.4, 0.5) is 5.69 Å². The van der Waals surface area contributed by atoms with E-state index in [4.69, 9.17) is 21.4 Å². The van der Waals surface area contributed by atoms with Gasteiger partial charge in [-0.3, -0.25) is 9.79 Å². The Morgan fingerprint density at radius 1 is 1.15 bits per heavy atom. The SMILES string of the molecule is CN=c1scc(-c2ccc3c(c2)NC(=O)CO3)n1N=Cc1cc(C)n(-c2ccc(Cl)cc2)c1C. The lowest BCUT2D eigenvalue weighted by Gasteiger charge is -2.18. The van der Waals surface area contributed by atoms with E-state index in [2.05, 4.69) is 34.8 Å². The molecule has 1 amide bonds. The molecule has 0 spiro atoms. The highest BCUT2D eigenvalue weighted by Gasteiger charge is 2.18. The van der Waals surface area contributed by atoms with Crippen molar-refractivity contribution in [1.82, 2.24) is 9.24 Å². The Hall–Kier alpha value is -3.62. The van der Waals surface area contributed by atoms with Gasteiger partial charge in [0.1, 0.15) is 5.75 Å². The maximum Gasteiger partial charge on any atom is 0.262 e. The van der Waals surface area contributed by atoms with Crippen molar-refractivity contribution in [3.05, 3.63) is 80.7 Å². The second-order valence-electron chi connectivity index (χ2n) is 7.87. The molecular weight excluding hydrogens is 470 g/mol. The molecule has 9 heteroatoms. The van der Waals surface area contributed by atoms with Gasteiger partial charge in [-0.15, -0.1) is 11.3 Å². The van der Waals surface area contributed by atoms with E-state index in [1.54, 1.807) is 7.05 Å². The number of fused-ring (bicyclic) bond motifs is 1. The molecule has 5 rings (SSSR count). The molecule has 7 nitrogen and oxygen atoms in total. The molecule has 0 saturated heterocycles. The van der Waals surface area contributed by atoms with Gasteiger partial charge in [-0.05, 0) is 62.4 Å². The molecule has 0 aliphatic carbocycles. The zero-order valence-corrected chi connectivity index (χ0v) is 20.4. The second-order valence-corrected chi connectivity index (χ2v) is 9.14. The topological polar surface area (TPSA) is 72.9 Å². The summed E-state index contributed by atoms with van der Waals surface area (Å²) in [7, 11) is 1.75. The fourth-order valence-corrected chi connectivity index (χ4v) is 4.96. The molecule has 0 saturated carbocycles. The molecular formula is C25H22ClN5O2S. The third-order valence-electron chi connectivity index (χ3n) is 5.65. The predicted octanol–water partition coefficient (Wildman–Crippen LogP) is 5.02. The number of aromatic nitrogens is 2. The second kappa shape index (κ2) is 8.96. The molecule has 1 aliphatic rings. The fourth-order valence-electron chi connectivity index (χ4n) is 4.03. The first kappa shape index (κ1) is 22.2. The Balaban J connectivity index is 1.53. The Morgan fingerprint density at radius 2 is 1.94 bits per heavy atom. The van der Waals surface area contributed by atoms with Crippen LogP contribution in [0.2, 0.25) is 5.02 Å². The minimum atomic E-state index is -0.166. The fraction of sp³-hybridized carbons (Fsp3) is 0.160. The van der Waals surface area contributed by atoms with Crippen LogP contribution >= 0.6 is 22.9 Å². The van der Waals surface area contributed by atoms with E-state index in [9.17, 15) is 4.79 Å². The van der Waals surface area contributed by atoms with Crippen LogP contribution in [0.15, 0.2) is 64.0 Å². The number of rotatable bonds is 4. The minimum absolute atomic E-state index is 0.0301. The van der Waals surface area contributed by atoms with Crippen molar-refractivity contribution >= 4 is 40.7 Å². The average Bonchev–Trinajstić information content (AvgIpc) is 3.37. The summed E-state index contributed by atoms with van der Waals surface area (Å²) >= 11 is 7.56. The van der Waals surface area contributed by atoms with Crippen LogP contribution < -0.4 is 14.9 Å². The van der Waals surface area contributed by atoms with Crippen molar-refractivity contribution in [3.63, 3.8) is 0 Å². The van der Waals surface area contributed by atoms with Gasteiger partial charge in [-0.2, -0.15) is 5.10 Å². The molecule has 0 atom stereocenters. The summed E-state index contributed by atoms with van der Waals surface area (Å²) in [5, 5.41) is 10.4. The first-order chi connectivity index (χ1) is 16.4. The lowest BCUT2D eigenvalue weighted by atomic mass is 10.1. The number of aryl methyl sites for hydroxylation is 1. The molecule has 0 unspecified atom stereocenters. The Morgan fingerprint density at radius 3 is 2.71 bits per heavy atom. The van der Waals surface area contributed by atoms with E-state index < -0.39 is 0 Å². The van der Waals surface area contributed by atoms with E-state index in [1.807, 2.05) is 58.7 Å². The van der Waals surface area contributed by atoms with Gasteiger partial charge in [0, 0.05) is 45.7 Å². The molecule has 4 aromatic rings. The highest BCUT2D eigenvalue weighted by molar-refractivity contribution is 7.07. The van der Waals surface area contributed by atoms with Crippen LogP contribution in [0.3, 0.4) is 0 Å². The maximum absolute atomic E-state index is 11.7. The number of ether oxygens (including phenoxy) is 1. The normalized spacial score (nSPS) is 13.8. The number of nitrogens with zero attached hydrogens (tertiary/aromatic N) is 4. The van der Waals surface area contributed by atoms with E-state index in [1.165, 1.54) is 11.3 Å². The molecule has 34 heavy (non-hydrogen) atoms. The summed E-state index contributed by atoms with van der Waals surface area (Å²) in [6, 6.07) is 15.6. The number of carbonyl (C=O) groups excluding carboxylic acids is 1. The summed E-state index contributed by atoms with van der Waals surface area (Å²) in [5.41, 5.74) is 6.65. The lowest BCUT2D eigenvalue weighted by molar-refractivity contribution is -0.118. The molecule has 3 heterocycles. The van der Waals surface area contributed by atoms with Gasteiger partial charge in [0.05, 0.1) is 17.6 Å². The van der Waals surface area contributed by atoms with E-state index >= 15 is 0 Å². The average molecular weight is 492 g/mol. The number of hydrogen-bond acceptors (Lipinski definition) is 5. The molecule has 0 bridgehead atoms. The standard InChI is InChI=1S/C25H22ClN5O2S/c1-15-10-18(16(2)30(15)20-7-5-19(26)6-8-20)12-28-31-22(14-34-25(31)27-3)17-4-9-23-21(11-17)29-24(32)13-33-23/h4-12,14H,13H2,1-3H3,(H,29,32). The number of thiazole rings is 1. The molecule has 2 aromatic heterocycles. The van der Waals surface area contributed by atoms with Crippen molar-refractivity contribution in [2.75, 3.05) is 19.0 Å². The van der Waals surface area contributed by atoms with Crippen molar-refractivity contribution in [3.8, 4) is 22.7 Å². The van der Waals surface area contributed by atoms with Gasteiger partial charge < -0.3 is 14.6 Å². The predicted molar refractivity (Wildman–Crippen MR) is 137 cm³/mol. The summed E-state index contributed by atoms with van der Waals surface area (Å²) < 4.78 is 9.47. The molecule has 1 N–H and O–H groups in total. The Kier molecular flexibility index (Phi) is 5.85. The van der Waals surface area contributed by atoms with Crippen molar-refractivity contribution in [2.45, 2.75) is 13.8 Å². The van der Waals surface area contributed by atoms with Gasteiger partial charge in [0.2, 0.25) is 4.80 Å². The minimum Gasteiger partial charge on any atom is -0.482 e. The summed E-state index contributed by atoms with van der Waals surface area (Å²) in [6.45, 7) is 4.17. The first-order valence-corrected chi connectivity index (χ1v) is 11.9. The van der Waals surface area contributed by atoms with E-state index in [0.29, 0.717) is 16.5 Å². The van der Waals surface area contributed by atoms with Crippen LogP contribution in [0.25, 0.3) is 16.9 Å². The molecule has 172 valence electrons. The number of carbonyl (C=O) groups is 1. The summed E-state index contributed by atoms with van der Waals surface area (Å²) in [5.74, 6) is 0.491. The van der Waals surface area contributed by atoms with Gasteiger partial charge in [0.15, 0.2) is 6.61 Å². The zero-order chi connectivity index (χ0) is 23.8. The number of amides is 1. The monoisotopic (exact) mass is 491 g/mol. The third-order valence-corrected chi connectivity index (χ3v) is 6.81. The third kappa shape index (κ3) is 4.06. The van der Waals surface area contributed by atoms with Crippen LogP contribution in [0.5, 0.6) is 5.75 Å². The Bertz CT molecular complexity index is 1490. The first-order valence-electron chi connectivity index (χ1n) is 10.6. The van der Waals surface area contributed by atoms with Gasteiger partial charge >= 0.3 is 0 Å². The van der Waals surface area contributed by atoms with Crippen molar-refractivity contribution < 1.29 is 9.53 Å². The molecule has 0 radical (unpaired) electrons. The molecule has 2 aromatic carbocycles. The largest absolute Gasteiger partial charge is 0.482 e. The smallest absolute Gasteiger partial charge is 0.262 e. The quantitative estimate of drug-likeness (QED) is 0.407. The zero-order valence-electron chi connectivity index (χ0n) is 18.9. The van der Waals surface area contributed by atoms with Crippen LogP contribution in [0, 0.1) is 13.8 Å². The van der Waals surface area contributed by atoms with Crippen LogP contribution in [-0.2, 0) is 4.79 Å². The maximum atomic E-state index is 11.7. The summed E-state index contributed by atoms with van der Waals surface area (Å²) in [4.78, 5) is 16.9. The number of hydrogen-bond donors (Lipinski definition) is 1. The number of benzene rings is 2. The van der Waals surface area contributed by atoms with E-state index in [-0.39, 0.29) is 12.5 Å². The highest BCUT2D eigenvalue weighted by atomic mass is 35.5. The van der Waals surface area contributed by atoms with Crippen molar-refractivity contribution in [2.24, 2.45) is 10.1 Å². The van der Waals surface area contributed by atoms with Gasteiger partial charge in [0.25, 0.3) is 5.91 Å². The molecule has 0 fully saturated rings. The van der Waals surface area contributed by atoms with Gasteiger partial charge in [-0.1, -0.05) is 11.6 Å².